The fourth-order valence-corrected chi connectivity index (χ4v) is 4.96. The maximum absolute atomic E-state index is 14.8. The van der Waals surface area contributed by atoms with Crippen LogP contribution in [0.1, 0.15) is 61.3 Å². The highest BCUT2D eigenvalue weighted by Gasteiger charge is 2.30. The average Bonchev–Trinajstić information content (AvgIpc) is 3.30. The van der Waals surface area contributed by atoms with Crippen LogP contribution in [0.2, 0.25) is 0 Å². The van der Waals surface area contributed by atoms with Gasteiger partial charge in [-0.3, -0.25) is 4.79 Å². The number of halogens is 1. The Morgan fingerprint density at radius 1 is 1.19 bits per heavy atom. The molecule has 0 atom stereocenters. The minimum absolute atomic E-state index is 0.0265. The Bertz CT molecular complexity index is 1550. The molecule has 0 bridgehead atoms. The van der Waals surface area contributed by atoms with E-state index in [0.29, 0.717) is 5.69 Å². The molecule has 1 amide bonds. The molecule has 1 aliphatic carbocycles. The molecule has 0 radical (unpaired) electrons. The van der Waals surface area contributed by atoms with Gasteiger partial charge in [-0.05, 0) is 64.7 Å². The van der Waals surface area contributed by atoms with Crippen LogP contribution in [0.5, 0.6) is 0 Å². The molecular weight excluding hydrogens is 475 g/mol. The summed E-state index contributed by atoms with van der Waals surface area (Å²) in [7, 11) is 3.25. The zero-order chi connectivity index (χ0) is 26.5. The predicted molar refractivity (Wildman–Crippen MR) is 138 cm³/mol. The van der Waals surface area contributed by atoms with Crippen molar-refractivity contribution in [3.8, 4) is 0 Å². The first kappa shape index (κ1) is 24.8. The van der Waals surface area contributed by atoms with E-state index in [9.17, 15) is 14.0 Å². The number of pyridine rings is 1. The second-order valence-corrected chi connectivity index (χ2v) is 10.4. The van der Waals surface area contributed by atoms with Gasteiger partial charge < -0.3 is 10.2 Å². The first-order valence-corrected chi connectivity index (χ1v) is 12.4. The Morgan fingerprint density at radius 2 is 1.92 bits per heavy atom. The molecule has 4 aromatic rings. The number of alkyl halides is 1. The van der Waals surface area contributed by atoms with E-state index >= 15 is 0 Å². The summed E-state index contributed by atoms with van der Waals surface area (Å²) in [4.78, 5) is 35.8. The number of imidazole rings is 1. The third-order valence-electron chi connectivity index (χ3n) is 7.20. The molecule has 5 rings (SSSR count). The molecule has 1 saturated carbocycles. The number of benzene rings is 1. The maximum atomic E-state index is 14.8. The summed E-state index contributed by atoms with van der Waals surface area (Å²) in [6.07, 6.45) is 4.58. The van der Waals surface area contributed by atoms with Crippen LogP contribution in [0.25, 0.3) is 16.6 Å². The molecule has 11 heteroatoms. The zero-order valence-electron chi connectivity index (χ0n) is 21.7. The van der Waals surface area contributed by atoms with Crippen LogP contribution in [-0.2, 0) is 12.7 Å². The minimum atomic E-state index is -1.55. The van der Waals surface area contributed by atoms with Crippen LogP contribution < -0.4 is 11.0 Å². The van der Waals surface area contributed by atoms with Gasteiger partial charge in [0.1, 0.15) is 12.0 Å². The number of carbonyl (C=O) groups excluding carboxylic acids is 1. The first-order valence-electron chi connectivity index (χ1n) is 12.4. The van der Waals surface area contributed by atoms with Crippen LogP contribution in [0.4, 0.5) is 10.1 Å². The summed E-state index contributed by atoms with van der Waals surface area (Å²) in [5.41, 5.74) is 1.46. The molecule has 3 aromatic heterocycles. The van der Waals surface area contributed by atoms with E-state index in [1.54, 1.807) is 11.9 Å². The van der Waals surface area contributed by atoms with Crippen molar-refractivity contribution in [1.82, 2.24) is 34.3 Å². The third kappa shape index (κ3) is 4.65. The lowest BCUT2D eigenvalue weighted by Gasteiger charge is -2.35. The fraction of sp³-hybridized carbons (Fsp3) is 0.462. The van der Waals surface area contributed by atoms with Crippen molar-refractivity contribution in [1.29, 1.82) is 0 Å². The van der Waals surface area contributed by atoms with Crippen molar-refractivity contribution in [3.63, 3.8) is 0 Å². The number of aromatic nitrogens is 6. The maximum Gasteiger partial charge on any atom is 0.352 e. The number of carbonyl (C=O) groups is 1. The van der Waals surface area contributed by atoms with Gasteiger partial charge in [-0.25, -0.2) is 23.6 Å². The number of aryl methyl sites for hydroxylation is 2. The Balaban J connectivity index is 1.31. The van der Waals surface area contributed by atoms with E-state index in [2.05, 4.69) is 31.7 Å². The quantitative estimate of drug-likeness (QED) is 0.442. The predicted octanol–water partition coefficient (Wildman–Crippen LogP) is 3.38. The third-order valence-corrected chi connectivity index (χ3v) is 7.20. The highest BCUT2D eigenvalue weighted by atomic mass is 19.1. The highest BCUT2D eigenvalue weighted by molar-refractivity contribution is 5.98. The monoisotopic (exact) mass is 506 g/mol. The summed E-state index contributed by atoms with van der Waals surface area (Å²) >= 11 is 0. The van der Waals surface area contributed by atoms with Gasteiger partial charge in [0.2, 0.25) is 0 Å². The van der Waals surface area contributed by atoms with Crippen molar-refractivity contribution in [2.24, 2.45) is 7.05 Å². The smallest absolute Gasteiger partial charge is 0.352 e. The standard InChI is InChI=1S/C26H31FN8O2/c1-15-6-11-19-18(12-15)20(13-21(30-19)26(2,3)27)29-16-7-9-17(10-8-16)33(4)24(36)22-23-31-32-34(5)25(37)35(23)14-28-22/h6,11-14,16-17H,7-10H2,1-5H3,(H,29,30). The van der Waals surface area contributed by atoms with E-state index < -0.39 is 11.4 Å². The average molecular weight is 507 g/mol. The van der Waals surface area contributed by atoms with E-state index in [-0.39, 0.29) is 29.3 Å². The second kappa shape index (κ2) is 9.20. The number of hydrogen-bond acceptors (Lipinski definition) is 7. The van der Waals surface area contributed by atoms with Gasteiger partial charge in [0.05, 0.1) is 11.2 Å². The van der Waals surface area contributed by atoms with Crippen LogP contribution in [-0.4, -0.2) is 59.3 Å². The number of amides is 1. The molecule has 3 heterocycles. The molecule has 37 heavy (non-hydrogen) atoms. The summed E-state index contributed by atoms with van der Waals surface area (Å²) in [6.45, 7) is 5.06. The normalized spacial score (nSPS) is 18.3. The number of anilines is 1. The van der Waals surface area contributed by atoms with Gasteiger partial charge in [0.25, 0.3) is 5.91 Å². The van der Waals surface area contributed by atoms with Gasteiger partial charge in [0.15, 0.2) is 11.3 Å². The largest absolute Gasteiger partial charge is 0.382 e. The number of hydrogen-bond donors (Lipinski definition) is 1. The molecule has 0 spiro atoms. The number of fused-ring (bicyclic) bond motifs is 2. The van der Waals surface area contributed by atoms with Crippen molar-refractivity contribution in [3.05, 3.63) is 58.0 Å². The van der Waals surface area contributed by atoms with Crippen LogP contribution in [0.15, 0.2) is 35.4 Å². The SMILES string of the molecule is Cc1ccc2nc(C(C)(C)F)cc(NC3CCC(N(C)C(=O)c4ncn5c(=O)n(C)nnc45)CC3)c2c1. The number of nitrogens with one attached hydrogen (secondary N) is 1. The molecule has 194 valence electrons. The first-order chi connectivity index (χ1) is 17.5. The van der Waals surface area contributed by atoms with E-state index in [1.807, 2.05) is 25.1 Å². The lowest BCUT2D eigenvalue weighted by atomic mass is 9.89. The Kier molecular flexibility index (Phi) is 6.17. The van der Waals surface area contributed by atoms with Gasteiger partial charge in [-0.2, -0.15) is 4.68 Å². The van der Waals surface area contributed by atoms with Crippen LogP contribution in [0.3, 0.4) is 0 Å². The van der Waals surface area contributed by atoms with E-state index in [4.69, 9.17) is 0 Å². The topological polar surface area (TPSA) is 110 Å². The Hall–Kier alpha value is -3.89. The van der Waals surface area contributed by atoms with Gasteiger partial charge >= 0.3 is 5.69 Å². The molecule has 1 aromatic carbocycles. The fourth-order valence-electron chi connectivity index (χ4n) is 4.96. The van der Waals surface area contributed by atoms with Crippen molar-refractivity contribution < 1.29 is 9.18 Å². The molecule has 0 aliphatic heterocycles. The zero-order valence-corrected chi connectivity index (χ0v) is 21.7. The molecule has 1 aliphatic rings. The number of rotatable bonds is 5. The van der Waals surface area contributed by atoms with Gasteiger partial charge in [-0.1, -0.05) is 16.8 Å². The molecule has 10 nitrogen and oxygen atoms in total. The number of nitrogens with zero attached hydrogens (tertiary/aromatic N) is 7. The van der Waals surface area contributed by atoms with Crippen LogP contribution >= 0.6 is 0 Å². The van der Waals surface area contributed by atoms with E-state index in [1.165, 1.54) is 31.6 Å². The van der Waals surface area contributed by atoms with Crippen LogP contribution in [0, 0.1) is 6.92 Å². The van der Waals surface area contributed by atoms with Crippen molar-refractivity contribution in [2.45, 2.75) is 64.2 Å². The molecule has 1 N–H and O–H groups in total. The lowest BCUT2D eigenvalue weighted by Crippen LogP contribution is -2.42. The molecule has 0 saturated heterocycles. The van der Waals surface area contributed by atoms with Crippen molar-refractivity contribution >= 4 is 28.1 Å². The lowest BCUT2D eigenvalue weighted by molar-refractivity contribution is 0.0688. The highest BCUT2D eigenvalue weighted by Crippen LogP contribution is 2.33. The summed E-state index contributed by atoms with van der Waals surface area (Å²) < 4.78 is 17.1. The Morgan fingerprint density at radius 3 is 2.62 bits per heavy atom. The summed E-state index contributed by atoms with van der Waals surface area (Å²) in [5.74, 6) is -0.285. The summed E-state index contributed by atoms with van der Waals surface area (Å²) in [6, 6.07) is 8.02. The molecule has 1 fully saturated rings. The van der Waals surface area contributed by atoms with Gasteiger partial charge in [-0.15, -0.1) is 5.10 Å². The molecular formula is C26H31FN8O2. The van der Waals surface area contributed by atoms with E-state index in [0.717, 1.165) is 52.5 Å². The Labute approximate surface area is 213 Å². The van der Waals surface area contributed by atoms with Crippen molar-refractivity contribution in [2.75, 3.05) is 12.4 Å². The minimum Gasteiger partial charge on any atom is -0.382 e. The summed E-state index contributed by atoms with van der Waals surface area (Å²) in [5, 5.41) is 12.4. The molecule has 0 unspecified atom stereocenters. The second-order valence-electron chi connectivity index (χ2n) is 10.4. The van der Waals surface area contributed by atoms with Gasteiger partial charge in [0, 0.05) is 37.3 Å².